The van der Waals surface area contributed by atoms with E-state index >= 15 is 0 Å². The lowest BCUT2D eigenvalue weighted by Crippen LogP contribution is -2.48. The maximum absolute atomic E-state index is 5.97. The Labute approximate surface area is 129 Å². The fourth-order valence-corrected chi connectivity index (χ4v) is 3.01. The minimum atomic E-state index is 0.602. The van der Waals surface area contributed by atoms with Gasteiger partial charge in [0.15, 0.2) is 0 Å². The van der Waals surface area contributed by atoms with Crippen LogP contribution in [0.4, 0.5) is 11.5 Å². The van der Waals surface area contributed by atoms with Crippen LogP contribution in [0.15, 0.2) is 54.7 Å². The molecule has 0 atom stereocenters. The first-order valence-corrected chi connectivity index (χ1v) is 7.60. The van der Waals surface area contributed by atoms with Crippen molar-refractivity contribution in [3.05, 3.63) is 60.4 Å². The van der Waals surface area contributed by atoms with E-state index in [0.29, 0.717) is 5.92 Å². The molecule has 4 nitrogen and oxygen atoms in total. The summed E-state index contributed by atoms with van der Waals surface area (Å²) >= 11 is 0. The van der Waals surface area contributed by atoms with Crippen molar-refractivity contribution in [1.82, 2.24) is 9.97 Å². The van der Waals surface area contributed by atoms with Crippen LogP contribution in [0.3, 0.4) is 0 Å². The van der Waals surface area contributed by atoms with Gasteiger partial charge < -0.3 is 10.6 Å². The molecule has 2 aromatic heterocycles. The number of nitrogens with zero attached hydrogens (tertiary/aromatic N) is 3. The molecule has 4 heteroatoms. The Morgan fingerprint density at radius 3 is 2.77 bits per heavy atom. The van der Waals surface area contributed by atoms with Gasteiger partial charge in [0.05, 0.1) is 16.9 Å². The average molecular weight is 290 g/mol. The van der Waals surface area contributed by atoms with Gasteiger partial charge in [-0.25, -0.2) is 4.98 Å². The number of rotatable bonds is 3. The maximum atomic E-state index is 5.97. The van der Waals surface area contributed by atoms with Gasteiger partial charge in [0.2, 0.25) is 0 Å². The number of nitrogens with two attached hydrogens (primary N) is 1. The summed E-state index contributed by atoms with van der Waals surface area (Å²) in [6.45, 7) is 2.03. The molecule has 4 rings (SSSR count). The van der Waals surface area contributed by atoms with E-state index in [0.717, 1.165) is 42.2 Å². The summed E-state index contributed by atoms with van der Waals surface area (Å²) in [7, 11) is 0. The number of hydrogen-bond acceptors (Lipinski definition) is 4. The van der Waals surface area contributed by atoms with Crippen LogP contribution in [-0.4, -0.2) is 23.1 Å². The average Bonchev–Trinajstić information content (AvgIpc) is 2.51. The van der Waals surface area contributed by atoms with Gasteiger partial charge in [-0.2, -0.15) is 0 Å². The van der Waals surface area contributed by atoms with Crippen LogP contribution in [0.1, 0.15) is 5.69 Å². The number of fused-ring (bicyclic) bond motifs is 1. The van der Waals surface area contributed by atoms with Crippen LogP contribution in [-0.2, 0) is 6.42 Å². The van der Waals surface area contributed by atoms with Crippen LogP contribution < -0.4 is 10.6 Å². The summed E-state index contributed by atoms with van der Waals surface area (Å²) in [5.74, 6) is 1.66. The molecule has 0 bridgehead atoms. The summed E-state index contributed by atoms with van der Waals surface area (Å²) < 4.78 is 0. The summed E-state index contributed by atoms with van der Waals surface area (Å²) in [6.07, 6.45) is 2.75. The van der Waals surface area contributed by atoms with Gasteiger partial charge in [-0.1, -0.05) is 18.2 Å². The highest BCUT2D eigenvalue weighted by atomic mass is 15.2. The lowest BCUT2D eigenvalue weighted by Gasteiger charge is -2.40. The molecule has 0 unspecified atom stereocenters. The van der Waals surface area contributed by atoms with E-state index in [1.807, 2.05) is 30.5 Å². The third kappa shape index (κ3) is 2.37. The predicted molar refractivity (Wildman–Crippen MR) is 89.8 cm³/mol. The van der Waals surface area contributed by atoms with Crippen molar-refractivity contribution >= 4 is 22.4 Å². The number of nitrogen functional groups attached to an aromatic ring is 1. The van der Waals surface area contributed by atoms with Crippen molar-refractivity contribution in [3.63, 3.8) is 0 Å². The zero-order valence-corrected chi connectivity index (χ0v) is 12.3. The van der Waals surface area contributed by atoms with Crippen molar-refractivity contribution in [2.45, 2.75) is 6.42 Å². The molecule has 1 fully saturated rings. The van der Waals surface area contributed by atoms with Crippen LogP contribution in [0.5, 0.6) is 0 Å². The zero-order valence-electron chi connectivity index (χ0n) is 12.3. The quantitative estimate of drug-likeness (QED) is 0.806. The van der Waals surface area contributed by atoms with Gasteiger partial charge in [0, 0.05) is 24.7 Å². The molecular weight excluding hydrogens is 272 g/mol. The van der Waals surface area contributed by atoms with Gasteiger partial charge in [0.1, 0.15) is 5.82 Å². The molecule has 0 amide bonds. The van der Waals surface area contributed by atoms with Crippen LogP contribution in [0.25, 0.3) is 10.9 Å². The molecule has 3 aromatic rings. The normalized spacial score (nSPS) is 15.0. The van der Waals surface area contributed by atoms with Crippen LogP contribution >= 0.6 is 0 Å². The highest BCUT2D eigenvalue weighted by Crippen LogP contribution is 2.27. The van der Waals surface area contributed by atoms with Gasteiger partial charge in [-0.05, 0) is 42.7 Å². The summed E-state index contributed by atoms with van der Waals surface area (Å²) in [5.41, 5.74) is 8.83. The number of para-hydroxylation sites is 1. The van der Waals surface area contributed by atoms with E-state index < -0.39 is 0 Å². The fraction of sp³-hybridized carbons (Fsp3) is 0.222. The molecule has 22 heavy (non-hydrogen) atoms. The van der Waals surface area contributed by atoms with Crippen LogP contribution in [0.2, 0.25) is 0 Å². The fourth-order valence-electron chi connectivity index (χ4n) is 3.01. The molecule has 2 N–H and O–H groups in total. The van der Waals surface area contributed by atoms with E-state index in [9.17, 15) is 0 Å². The zero-order chi connectivity index (χ0) is 14.9. The van der Waals surface area contributed by atoms with E-state index in [1.165, 1.54) is 5.39 Å². The first-order chi connectivity index (χ1) is 10.8. The molecule has 1 saturated heterocycles. The summed E-state index contributed by atoms with van der Waals surface area (Å²) in [4.78, 5) is 11.4. The van der Waals surface area contributed by atoms with Gasteiger partial charge in [0.25, 0.3) is 0 Å². The Morgan fingerprint density at radius 2 is 1.91 bits per heavy atom. The van der Waals surface area contributed by atoms with Crippen molar-refractivity contribution in [3.8, 4) is 0 Å². The second kappa shape index (κ2) is 5.30. The third-order valence-corrected chi connectivity index (χ3v) is 4.27. The largest absolute Gasteiger partial charge is 0.397 e. The molecule has 0 aliphatic carbocycles. The molecule has 110 valence electrons. The lowest BCUT2D eigenvalue weighted by molar-refractivity contribution is 0.402. The molecule has 3 heterocycles. The second-order valence-corrected chi connectivity index (χ2v) is 5.88. The number of anilines is 2. The number of benzene rings is 1. The van der Waals surface area contributed by atoms with Crippen LogP contribution in [0, 0.1) is 5.92 Å². The van der Waals surface area contributed by atoms with Crippen molar-refractivity contribution in [2.75, 3.05) is 23.7 Å². The molecular formula is C18H18N4. The molecule has 0 saturated carbocycles. The third-order valence-electron chi connectivity index (χ3n) is 4.27. The summed E-state index contributed by atoms with van der Waals surface area (Å²) in [5, 5.41) is 1.18. The SMILES string of the molecule is Nc1cccnc1CC1CN(c2ccc3ccccc3n2)C1. The van der Waals surface area contributed by atoms with Crippen molar-refractivity contribution in [1.29, 1.82) is 0 Å². The van der Waals surface area contributed by atoms with E-state index in [1.54, 1.807) is 0 Å². The molecule has 1 aliphatic rings. The highest BCUT2D eigenvalue weighted by Gasteiger charge is 2.28. The maximum Gasteiger partial charge on any atom is 0.129 e. The Balaban J connectivity index is 1.45. The second-order valence-electron chi connectivity index (χ2n) is 5.88. The Hall–Kier alpha value is -2.62. The van der Waals surface area contributed by atoms with E-state index in [4.69, 9.17) is 10.7 Å². The monoisotopic (exact) mass is 290 g/mol. The molecule has 0 spiro atoms. The first kappa shape index (κ1) is 13.1. The van der Waals surface area contributed by atoms with E-state index in [2.05, 4.69) is 34.1 Å². The minimum Gasteiger partial charge on any atom is -0.397 e. The van der Waals surface area contributed by atoms with Crippen molar-refractivity contribution in [2.24, 2.45) is 5.92 Å². The van der Waals surface area contributed by atoms with Gasteiger partial charge in [-0.15, -0.1) is 0 Å². The molecule has 1 aromatic carbocycles. The standard InChI is InChI=1S/C18H18N4/c19-15-5-3-9-20-17(15)10-13-11-22(12-13)18-8-7-14-4-1-2-6-16(14)21-18/h1-9,13H,10-12,19H2. The summed E-state index contributed by atoms with van der Waals surface area (Å²) in [6, 6.07) is 16.3. The predicted octanol–water partition coefficient (Wildman–Crippen LogP) is 2.89. The number of aromatic nitrogens is 2. The number of pyridine rings is 2. The highest BCUT2D eigenvalue weighted by molar-refractivity contribution is 5.80. The Bertz CT molecular complexity index is 809. The van der Waals surface area contributed by atoms with Gasteiger partial charge in [-0.3, -0.25) is 4.98 Å². The topological polar surface area (TPSA) is 55.0 Å². The smallest absolute Gasteiger partial charge is 0.129 e. The van der Waals surface area contributed by atoms with Crippen molar-refractivity contribution < 1.29 is 0 Å². The number of hydrogen-bond donors (Lipinski definition) is 1. The molecule has 0 radical (unpaired) electrons. The Morgan fingerprint density at radius 1 is 1.05 bits per heavy atom. The van der Waals surface area contributed by atoms with Gasteiger partial charge >= 0.3 is 0 Å². The molecule has 1 aliphatic heterocycles. The lowest BCUT2D eigenvalue weighted by atomic mass is 9.94. The Kier molecular flexibility index (Phi) is 3.15. The van der Waals surface area contributed by atoms with E-state index in [-0.39, 0.29) is 0 Å². The minimum absolute atomic E-state index is 0.602. The first-order valence-electron chi connectivity index (χ1n) is 7.60.